The van der Waals surface area contributed by atoms with Gasteiger partial charge in [0.1, 0.15) is 12.4 Å². The number of amidine groups is 1. The van der Waals surface area contributed by atoms with Gasteiger partial charge in [0.2, 0.25) is 0 Å². The van der Waals surface area contributed by atoms with E-state index in [1.165, 1.54) is 11.8 Å². The lowest BCUT2D eigenvalue weighted by Gasteiger charge is -2.15. The molecule has 0 bridgehead atoms. The van der Waals surface area contributed by atoms with Gasteiger partial charge < -0.3 is 14.2 Å². The number of hydrogen-bond acceptors (Lipinski definition) is 6. The van der Waals surface area contributed by atoms with Crippen LogP contribution in [0.1, 0.15) is 25.0 Å². The maximum atomic E-state index is 13.1. The van der Waals surface area contributed by atoms with E-state index in [4.69, 9.17) is 20.6 Å². The van der Waals surface area contributed by atoms with Crippen molar-refractivity contribution in [1.82, 2.24) is 4.90 Å². The second-order valence-electron chi connectivity index (χ2n) is 7.18. The van der Waals surface area contributed by atoms with Crippen LogP contribution in [0.15, 0.2) is 59.0 Å². The summed E-state index contributed by atoms with van der Waals surface area (Å²) in [6.45, 7) is 8.79. The number of hydrogen-bond donors (Lipinski definition) is 0. The topological polar surface area (TPSA) is 60.4 Å². The minimum Gasteiger partial charge on any atom is -0.497 e. The second-order valence-corrected chi connectivity index (χ2v) is 8.19. The molecule has 34 heavy (non-hydrogen) atoms. The minimum atomic E-state index is -0.0874. The Morgan fingerprint density at radius 3 is 2.59 bits per heavy atom. The van der Waals surface area contributed by atoms with Gasteiger partial charge in [0, 0.05) is 12.1 Å². The van der Waals surface area contributed by atoms with Crippen molar-refractivity contribution in [2.45, 2.75) is 20.3 Å². The standard InChI is InChI=1S/C27H28N2O4S/c1-6-10-20-16-19(17-23(32-9-4)25(20)33-15-7-2)18-24-26(30)29(8-3)27(34-24)28-21-11-13-22(31-5)14-12-21/h2,6,11-14,16-18H,1,8-10,15H2,3-5H3/b24-18+,28-27?. The summed E-state index contributed by atoms with van der Waals surface area (Å²) < 4.78 is 16.8. The Morgan fingerprint density at radius 2 is 1.97 bits per heavy atom. The summed E-state index contributed by atoms with van der Waals surface area (Å²) in [6.07, 6.45) is 9.60. The van der Waals surface area contributed by atoms with Crippen LogP contribution in [0.25, 0.3) is 6.08 Å². The monoisotopic (exact) mass is 476 g/mol. The molecule has 0 atom stereocenters. The van der Waals surface area contributed by atoms with Crippen molar-refractivity contribution in [1.29, 1.82) is 0 Å². The van der Waals surface area contributed by atoms with Crippen molar-refractivity contribution in [3.8, 4) is 29.6 Å². The normalized spacial score (nSPS) is 15.5. The van der Waals surface area contributed by atoms with Crippen LogP contribution >= 0.6 is 11.8 Å². The number of nitrogens with zero attached hydrogens (tertiary/aromatic N) is 2. The molecule has 1 aliphatic heterocycles. The van der Waals surface area contributed by atoms with E-state index in [0.29, 0.717) is 41.1 Å². The zero-order valence-electron chi connectivity index (χ0n) is 19.7. The fourth-order valence-corrected chi connectivity index (χ4v) is 4.47. The van der Waals surface area contributed by atoms with Crippen LogP contribution in [0.2, 0.25) is 0 Å². The van der Waals surface area contributed by atoms with E-state index in [2.05, 4.69) is 17.5 Å². The molecule has 176 valence electrons. The zero-order valence-corrected chi connectivity index (χ0v) is 20.5. The third-order valence-electron chi connectivity index (χ3n) is 4.92. The number of likely N-dealkylation sites (N-methyl/N-ethyl adjacent to an activating group) is 1. The lowest BCUT2D eigenvalue weighted by molar-refractivity contribution is -0.122. The van der Waals surface area contributed by atoms with Gasteiger partial charge in [0.25, 0.3) is 5.91 Å². The molecule has 1 heterocycles. The van der Waals surface area contributed by atoms with Crippen molar-refractivity contribution < 1.29 is 19.0 Å². The first-order valence-corrected chi connectivity index (χ1v) is 11.8. The van der Waals surface area contributed by atoms with Crippen LogP contribution in [0.4, 0.5) is 5.69 Å². The fraction of sp³-hybridized carbons (Fsp3) is 0.259. The number of carbonyl (C=O) groups is 1. The maximum Gasteiger partial charge on any atom is 0.266 e. The average molecular weight is 477 g/mol. The first kappa shape index (κ1) is 25.0. The van der Waals surface area contributed by atoms with E-state index in [1.807, 2.05) is 56.3 Å². The van der Waals surface area contributed by atoms with Crippen LogP contribution in [-0.2, 0) is 11.2 Å². The van der Waals surface area contributed by atoms with Crippen molar-refractivity contribution in [3.05, 3.63) is 65.1 Å². The summed E-state index contributed by atoms with van der Waals surface area (Å²) >= 11 is 1.35. The molecule has 1 amide bonds. The number of thioether (sulfide) groups is 1. The number of amides is 1. The molecular formula is C27H28N2O4S. The summed E-state index contributed by atoms with van der Waals surface area (Å²) in [7, 11) is 1.62. The first-order valence-electron chi connectivity index (χ1n) is 11.0. The summed E-state index contributed by atoms with van der Waals surface area (Å²) in [6, 6.07) is 11.2. The van der Waals surface area contributed by atoms with E-state index in [-0.39, 0.29) is 12.5 Å². The summed E-state index contributed by atoms with van der Waals surface area (Å²) in [5, 5.41) is 0.634. The summed E-state index contributed by atoms with van der Waals surface area (Å²) in [5.74, 6) is 4.34. The Labute approximate surface area is 205 Å². The Bertz CT molecular complexity index is 1150. The summed E-state index contributed by atoms with van der Waals surface area (Å²) in [5.41, 5.74) is 2.46. The van der Waals surface area contributed by atoms with Crippen LogP contribution in [0.3, 0.4) is 0 Å². The number of carbonyl (C=O) groups excluding carboxylic acids is 1. The van der Waals surface area contributed by atoms with Gasteiger partial charge in [-0.15, -0.1) is 13.0 Å². The van der Waals surface area contributed by atoms with E-state index >= 15 is 0 Å². The Morgan fingerprint density at radius 1 is 1.21 bits per heavy atom. The third kappa shape index (κ3) is 5.83. The number of terminal acetylenes is 1. The molecule has 0 aliphatic carbocycles. The second kappa shape index (κ2) is 12.0. The lowest BCUT2D eigenvalue weighted by atomic mass is 10.0. The molecule has 0 radical (unpaired) electrons. The van der Waals surface area contributed by atoms with E-state index in [1.54, 1.807) is 18.1 Å². The fourth-order valence-electron chi connectivity index (χ4n) is 3.40. The van der Waals surface area contributed by atoms with E-state index < -0.39 is 0 Å². The molecular weight excluding hydrogens is 448 g/mol. The SMILES string of the molecule is C#CCOc1c(CC=C)cc(/C=C2/SC(=Nc3ccc(OC)cc3)N(CC)C2=O)cc1OCC. The number of aliphatic imine (C=N–C) groups is 1. The van der Waals surface area contributed by atoms with E-state index in [9.17, 15) is 4.79 Å². The molecule has 7 heteroatoms. The molecule has 6 nitrogen and oxygen atoms in total. The largest absolute Gasteiger partial charge is 0.497 e. The van der Waals surface area contributed by atoms with Crippen LogP contribution in [0, 0.1) is 12.3 Å². The van der Waals surface area contributed by atoms with Crippen LogP contribution in [0.5, 0.6) is 17.2 Å². The maximum absolute atomic E-state index is 13.1. The molecule has 0 unspecified atom stereocenters. The number of allylic oxidation sites excluding steroid dienone is 1. The van der Waals surface area contributed by atoms with Gasteiger partial charge in [-0.3, -0.25) is 9.69 Å². The van der Waals surface area contributed by atoms with Crippen molar-refractivity contribution in [3.63, 3.8) is 0 Å². The molecule has 0 aromatic heterocycles. The Balaban J connectivity index is 1.98. The smallest absolute Gasteiger partial charge is 0.266 e. The number of rotatable bonds is 10. The third-order valence-corrected chi connectivity index (χ3v) is 5.92. The van der Waals surface area contributed by atoms with Gasteiger partial charge >= 0.3 is 0 Å². The van der Waals surface area contributed by atoms with Gasteiger partial charge in [0.15, 0.2) is 16.7 Å². The molecule has 0 spiro atoms. The molecule has 3 rings (SSSR count). The van der Waals surface area contributed by atoms with Gasteiger partial charge in [-0.1, -0.05) is 12.0 Å². The van der Waals surface area contributed by atoms with Crippen LogP contribution < -0.4 is 14.2 Å². The highest BCUT2D eigenvalue weighted by Gasteiger charge is 2.32. The van der Waals surface area contributed by atoms with E-state index in [0.717, 1.165) is 22.6 Å². The molecule has 0 saturated carbocycles. The molecule has 1 aliphatic rings. The highest BCUT2D eigenvalue weighted by Crippen LogP contribution is 2.38. The van der Waals surface area contributed by atoms with Crippen molar-refractivity contribution in [2.75, 3.05) is 26.9 Å². The molecule has 0 N–H and O–H groups in total. The van der Waals surface area contributed by atoms with Crippen molar-refractivity contribution in [2.24, 2.45) is 4.99 Å². The number of benzene rings is 2. The average Bonchev–Trinajstić information content (AvgIpc) is 3.13. The highest BCUT2D eigenvalue weighted by molar-refractivity contribution is 8.18. The molecule has 2 aromatic carbocycles. The zero-order chi connectivity index (χ0) is 24.5. The van der Waals surface area contributed by atoms with Gasteiger partial charge in [-0.2, -0.15) is 0 Å². The highest BCUT2D eigenvalue weighted by atomic mass is 32.2. The van der Waals surface area contributed by atoms with Gasteiger partial charge in [-0.25, -0.2) is 4.99 Å². The van der Waals surface area contributed by atoms with Crippen LogP contribution in [-0.4, -0.2) is 42.8 Å². The van der Waals surface area contributed by atoms with Gasteiger partial charge in [0.05, 0.1) is 24.3 Å². The van der Waals surface area contributed by atoms with Crippen molar-refractivity contribution >= 4 is 34.6 Å². The summed E-state index contributed by atoms with van der Waals surface area (Å²) in [4.78, 5) is 20.0. The molecule has 1 fully saturated rings. The van der Waals surface area contributed by atoms with Gasteiger partial charge in [-0.05, 0) is 80.1 Å². The molecule has 2 aromatic rings. The quantitative estimate of drug-likeness (QED) is 0.259. The predicted octanol–water partition coefficient (Wildman–Crippen LogP) is 5.46. The first-order chi connectivity index (χ1) is 16.5. The minimum absolute atomic E-state index is 0.0874. The predicted molar refractivity (Wildman–Crippen MR) is 139 cm³/mol. The Kier molecular flexibility index (Phi) is 8.83. The Hall–Kier alpha value is -3.63. The lowest BCUT2D eigenvalue weighted by Crippen LogP contribution is -2.28. The molecule has 1 saturated heterocycles. The number of methoxy groups -OCH3 is 1. The number of ether oxygens (including phenoxy) is 3.